The number of carbonyl (C=O) groups is 2. The molecule has 11 heteroatoms. The fourth-order valence-electron chi connectivity index (χ4n) is 2.86. The highest BCUT2D eigenvalue weighted by Gasteiger charge is 2.30. The Morgan fingerprint density at radius 3 is 2.70 bits per heavy atom. The van der Waals surface area contributed by atoms with Gasteiger partial charge in [0, 0.05) is 18.0 Å². The van der Waals surface area contributed by atoms with E-state index in [2.05, 4.69) is 5.32 Å². The number of nitrogens with zero attached hydrogens (tertiary/aromatic N) is 1. The van der Waals surface area contributed by atoms with Crippen molar-refractivity contribution in [1.82, 2.24) is 9.62 Å². The van der Waals surface area contributed by atoms with E-state index in [0.717, 1.165) is 27.4 Å². The highest BCUT2D eigenvalue weighted by atomic mass is 32.2. The average Bonchev–Trinajstić information content (AvgIpc) is 3.28. The van der Waals surface area contributed by atoms with Gasteiger partial charge in [-0.3, -0.25) is 4.79 Å². The summed E-state index contributed by atoms with van der Waals surface area (Å²) in [6.45, 7) is 1.87. The molecule has 1 aliphatic rings. The fourth-order valence-corrected chi connectivity index (χ4v) is 5.09. The summed E-state index contributed by atoms with van der Waals surface area (Å²) >= 11 is 1.48. The molecule has 8 nitrogen and oxygen atoms in total. The number of amides is 1. The molecule has 2 aromatic rings. The van der Waals surface area contributed by atoms with Gasteiger partial charge < -0.3 is 14.8 Å². The van der Waals surface area contributed by atoms with Crippen LogP contribution in [0.1, 0.15) is 28.2 Å². The molecule has 1 saturated heterocycles. The summed E-state index contributed by atoms with van der Waals surface area (Å²) in [6, 6.07) is 6.42. The lowest BCUT2D eigenvalue weighted by Crippen LogP contribution is -2.41. The van der Waals surface area contributed by atoms with Crippen LogP contribution in [0.15, 0.2) is 40.6 Å². The van der Waals surface area contributed by atoms with Crippen molar-refractivity contribution >= 4 is 33.2 Å². The Balaban J connectivity index is 1.65. The Morgan fingerprint density at radius 2 is 2.03 bits per heavy atom. The van der Waals surface area contributed by atoms with Crippen LogP contribution in [0.5, 0.6) is 0 Å². The predicted octanol–water partition coefficient (Wildman–Crippen LogP) is 1.94. The summed E-state index contributed by atoms with van der Waals surface area (Å²) in [6.07, 6.45) is 0. The maximum atomic E-state index is 14.2. The first-order chi connectivity index (χ1) is 14.3. The highest BCUT2D eigenvalue weighted by Crippen LogP contribution is 2.22. The molecular weight excluding hydrogens is 435 g/mol. The van der Waals surface area contributed by atoms with Crippen LogP contribution in [0.25, 0.3) is 0 Å². The van der Waals surface area contributed by atoms with Crippen molar-refractivity contribution in [3.63, 3.8) is 0 Å². The molecular formula is C19H21FN2O6S2. The summed E-state index contributed by atoms with van der Waals surface area (Å²) in [5.74, 6) is -2.40. The van der Waals surface area contributed by atoms with Gasteiger partial charge >= 0.3 is 5.97 Å². The van der Waals surface area contributed by atoms with E-state index in [9.17, 15) is 22.4 Å². The molecule has 0 bridgehead atoms. The number of esters is 1. The lowest BCUT2D eigenvalue weighted by Gasteiger charge is -2.26. The summed E-state index contributed by atoms with van der Waals surface area (Å²) < 4.78 is 50.8. The Kier molecular flexibility index (Phi) is 7.19. The van der Waals surface area contributed by atoms with E-state index in [-0.39, 0.29) is 37.9 Å². The normalized spacial score (nSPS) is 16.1. The van der Waals surface area contributed by atoms with Crippen LogP contribution in [0.4, 0.5) is 4.39 Å². The number of sulfonamides is 1. The third kappa shape index (κ3) is 5.22. The number of rotatable bonds is 7. The molecule has 1 atom stereocenters. The largest absolute Gasteiger partial charge is 0.452 e. The molecule has 3 rings (SSSR count). The standard InChI is InChI=1S/C19H21FN2O6S2/c1-13(16-3-2-10-29-16)21-18(23)12-28-19(24)14-4-5-15(20)17(11-14)30(25,26)22-6-8-27-9-7-22/h2-5,10-11,13H,6-9,12H2,1H3,(H,21,23). The van der Waals surface area contributed by atoms with Gasteiger partial charge in [0.15, 0.2) is 6.61 Å². The minimum absolute atomic E-state index is 0.0963. The van der Waals surface area contributed by atoms with Crippen molar-refractivity contribution in [1.29, 1.82) is 0 Å². The smallest absolute Gasteiger partial charge is 0.338 e. The molecule has 1 amide bonds. The summed E-state index contributed by atoms with van der Waals surface area (Å²) in [7, 11) is -4.13. The van der Waals surface area contributed by atoms with Crippen LogP contribution in [0.2, 0.25) is 0 Å². The molecule has 162 valence electrons. The number of thiophene rings is 1. The lowest BCUT2D eigenvalue weighted by molar-refractivity contribution is -0.124. The minimum atomic E-state index is -4.13. The molecule has 0 saturated carbocycles. The second kappa shape index (κ2) is 9.65. The monoisotopic (exact) mass is 456 g/mol. The zero-order valence-corrected chi connectivity index (χ0v) is 17.8. The number of carbonyl (C=O) groups excluding carboxylic acids is 2. The SMILES string of the molecule is CC(NC(=O)COC(=O)c1ccc(F)c(S(=O)(=O)N2CCOCC2)c1)c1cccs1. The van der Waals surface area contributed by atoms with Crippen LogP contribution in [0.3, 0.4) is 0 Å². The molecule has 0 spiro atoms. The zero-order chi connectivity index (χ0) is 21.7. The minimum Gasteiger partial charge on any atom is -0.452 e. The number of hydrogen-bond donors (Lipinski definition) is 1. The summed E-state index contributed by atoms with van der Waals surface area (Å²) in [5.41, 5.74) is -0.165. The van der Waals surface area contributed by atoms with E-state index in [4.69, 9.17) is 9.47 Å². The van der Waals surface area contributed by atoms with Crippen molar-refractivity contribution in [3.05, 3.63) is 52.0 Å². The third-order valence-electron chi connectivity index (χ3n) is 4.44. The van der Waals surface area contributed by atoms with Crippen LogP contribution in [-0.4, -0.2) is 57.5 Å². The first-order valence-electron chi connectivity index (χ1n) is 9.16. The van der Waals surface area contributed by atoms with Crippen molar-refractivity contribution in [2.45, 2.75) is 17.9 Å². The lowest BCUT2D eigenvalue weighted by atomic mass is 10.2. The number of ether oxygens (including phenoxy) is 2. The molecule has 0 aliphatic carbocycles. The summed E-state index contributed by atoms with van der Waals surface area (Å²) in [5, 5.41) is 4.58. The molecule has 1 N–H and O–H groups in total. The van der Waals surface area contributed by atoms with E-state index in [0.29, 0.717) is 0 Å². The van der Waals surface area contributed by atoms with Crippen LogP contribution in [-0.2, 0) is 24.3 Å². The molecule has 1 aromatic heterocycles. The van der Waals surface area contributed by atoms with Crippen molar-refractivity contribution in [2.75, 3.05) is 32.9 Å². The molecule has 30 heavy (non-hydrogen) atoms. The molecule has 0 radical (unpaired) electrons. The predicted molar refractivity (Wildman–Crippen MR) is 107 cm³/mol. The Bertz CT molecular complexity index is 1000. The van der Waals surface area contributed by atoms with Gasteiger partial charge in [-0.1, -0.05) is 6.07 Å². The molecule has 2 heterocycles. The topological polar surface area (TPSA) is 102 Å². The molecule has 1 fully saturated rings. The van der Waals surface area contributed by atoms with Crippen LogP contribution < -0.4 is 5.32 Å². The second-order valence-electron chi connectivity index (χ2n) is 6.54. The van der Waals surface area contributed by atoms with Gasteiger partial charge in [0.05, 0.1) is 24.8 Å². The quantitative estimate of drug-likeness (QED) is 0.639. The Labute approximate surface area is 177 Å². The fraction of sp³-hybridized carbons (Fsp3) is 0.368. The van der Waals surface area contributed by atoms with E-state index >= 15 is 0 Å². The maximum Gasteiger partial charge on any atom is 0.338 e. The van der Waals surface area contributed by atoms with Gasteiger partial charge in [-0.2, -0.15) is 4.31 Å². The second-order valence-corrected chi connectivity index (χ2v) is 9.43. The maximum absolute atomic E-state index is 14.2. The first kappa shape index (κ1) is 22.3. The molecule has 1 aromatic carbocycles. The van der Waals surface area contributed by atoms with E-state index < -0.39 is 39.2 Å². The van der Waals surface area contributed by atoms with Gasteiger partial charge in [-0.15, -0.1) is 11.3 Å². The van der Waals surface area contributed by atoms with E-state index in [1.54, 1.807) is 6.92 Å². The number of benzene rings is 1. The van der Waals surface area contributed by atoms with Crippen LogP contribution >= 0.6 is 11.3 Å². The first-order valence-corrected chi connectivity index (χ1v) is 11.5. The van der Waals surface area contributed by atoms with E-state index in [1.807, 2.05) is 17.5 Å². The van der Waals surface area contributed by atoms with Gasteiger partial charge in [0.25, 0.3) is 5.91 Å². The van der Waals surface area contributed by atoms with Crippen molar-refractivity contribution < 1.29 is 31.9 Å². The number of morpholine rings is 1. The van der Waals surface area contributed by atoms with Crippen LogP contribution in [0, 0.1) is 5.82 Å². The van der Waals surface area contributed by atoms with Gasteiger partial charge in [0.1, 0.15) is 10.7 Å². The number of nitrogens with one attached hydrogen (secondary N) is 1. The van der Waals surface area contributed by atoms with Gasteiger partial charge in [-0.05, 0) is 36.6 Å². The van der Waals surface area contributed by atoms with Gasteiger partial charge in [-0.25, -0.2) is 17.6 Å². The number of hydrogen-bond acceptors (Lipinski definition) is 7. The zero-order valence-electron chi connectivity index (χ0n) is 16.2. The third-order valence-corrected chi connectivity index (χ3v) is 7.41. The Morgan fingerprint density at radius 1 is 1.30 bits per heavy atom. The highest BCUT2D eigenvalue weighted by molar-refractivity contribution is 7.89. The molecule has 1 unspecified atom stereocenters. The van der Waals surface area contributed by atoms with E-state index in [1.165, 1.54) is 11.3 Å². The van der Waals surface area contributed by atoms with Crippen molar-refractivity contribution in [2.24, 2.45) is 0 Å². The van der Waals surface area contributed by atoms with Crippen molar-refractivity contribution in [3.8, 4) is 0 Å². The number of halogens is 1. The molecule has 1 aliphatic heterocycles. The van der Waals surface area contributed by atoms with Gasteiger partial charge in [0.2, 0.25) is 10.0 Å². The average molecular weight is 457 g/mol. The Hall–Kier alpha value is -2.34. The summed E-state index contributed by atoms with van der Waals surface area (Å²) in [4.78, 5) is 24.6.